The van der Waals surface area contributed by atoms with Gasteiger partial charge < -0.3 is 0 Å². The van der Waals surface area contributed by atoms with Crippen LogP contribution in [0.15, 0.2) is 30.3 Å². The van der Waals surface area contributed by atoms with Crippen molar-refractivity contribution in [3.8, 4) is 0 Å². The van der Waals surface area contributed by atoms with Crippen LogP contribution in [0.4, 0.5) is 0 Å². The molecule has 78 valence electrons. The third-order valence-corrected chi connectivity index (χ3v) is 2.80. The molecule has 0 N–H and O–H groups in total. The van der Waals surface area contributed by atoms with Gasteiger partial charge in [0.05, 0.1) is 5.69 Å². The third kappa shape index (κ3) is 2.20. The van der Waals surface area contributed by atoms with E-state index in [2.05, 4.69) is 4.98 Å². The van der Waals surface area contributed by atoms with Crippen LogP contribution in [0.5, 0.6) is 0 Å². The zero-order valence-electron chi connectivity index (χ0n) is 7.97. The van der Waals surface area contributed by atoms with Crippen LogP contribution in [0.1, 0.15) is 11.4 Å². The topological polar surface area (TPSA) is 12.9 Å². The molecular weight excluding hydrogens is 252 g/mol. The minimum Gasteiger partial charge on any atom is -0.253 e. The molecule has 2 aromatic rings. The molecule has 0 saturated heterocycles. The minimum absolute atomic E-state index is 0.462. The van der Waals surface area contributed by atoms with Crippen LogP contribution in [0.25, 0.3) is 10.8 Å². The fourth-order valence-electron chi connectivity index (χ4n) is 1.52. The van der Waals surface area contributed by atoms with Crippen LogP contribution in [-0.4, -0.2) is 4.98 Å². The Bertz CT molecular complexity index is 503. The van der Waals surface area contributed by atoms with Crippen LogP contribution in [-0.2, 0) is 3.79 Å². The summed E-state index contributed by atoms with van der Waals surface area (Å²) < 4.78 is -1.46. The molecule has 1 nitrogen and oxygen atoms in total. The summed E-state index contributed by atoms with van der Waals surface area (Å²) in [6.45, 7) is 1.90. The second kappa shape index (κ2) is 3.82. The first-order valence-corrected chi connectivity index (χ1v) is 5.55. The number of pyridine rings is 1. The highest BCUT2D eigenvalue weighted by Crippen LogP contribution is 2.38. The molecule has 0 saturated carbocycles. The van der Waals surface area contributed by atoms with Crippen LogP contribution in [0.2, 0.25) is 0 Å². The van der Waals surface area contributed by atoms with E-state index in [9.17, 15) is 0 Å². The quantitative estimate of drug-likeness (QED) is 0.641. The number of alkyl halides is 3. The number of aryl methyl sites for hydroxylation is 1. The van der Waals surface area contributed by atoms with Gasteiger partial charge in [0.15, 0.2) is 0 Å². The van der Waals surface area contributed by atoms with Gasteiger partial charge in [-0.25, -0.2) is 0 Å². The summed E-state index contributed by atoms with van der Waals surface area (Å²) in [6.07, 6.45) is 0. The van der Waals surface area contributed by atoms with Gasteiger partial charge in [-0.05, 0) is 18.4 Å². The second-order valence-electron chi connectivity index (χ2n) is 3.31. The number of nitrogens with zero attached hydrogens (tertiary/aromatic N) is 1. The zero-order chi connectivity index (χ0) is 11.1. The molecule has 0 radical (unpaired) electrons. The Morgan fingerprint density at radius 3 is 2.47 bits per heavy atom. The maximum atomic E-state index is 5.80. The third-order valence-electron chi connectivity index (χ3n) is 2.22. The molecule has 0 spiro atoms. The van der Waals surface area contributed by atoms with Crippen molar-refractivity contribution in [3.63, 3.8) is 0 Å². The van der Waals surface area contributed by atoms with Gasteiger partial charge in [-0.2, -0.15) is 0 Å². The molecule has 0 aliphatic rings. The Morgan fingerprint density at radius 1 is 1.13 bits per heavy atom. The van der Waals surface area contributed by atoms with Gasteiger partial charge in [-0.1, -0.05) is 59.1 Å². The Labute approximate surface area is 103 Å². The number of hydrogen-bond donors (Lipinski definition) is 0. The molecule has 2 rings (SSSR count). The number of hydrogen-bond acceptors (Lipinski definition) is 1. The summed E-state index contributed by atoms with van der Waals surface area (Å²) in [7, 11) is 0. The first kappa shape index (κ1) is 11.0. The normalized spacial score (nSPS) is 12.0. The van der Waals surface area contributed by atoms with Crippen molar-refractivity contribution in [1.82, 2.24) is 4.98 Å². The minimum atomic E-state index is -1.46. The summed E-state index contributed by atoms with van der Waals surface area (Å²) in [5.41, 5.74) is 1.33. The smallest absolute Gasteiger partial charge is 0.232 e. The first-order chi connectivity index (χ1) is 6.98. The lowest BCUT2D eigenvalue weighted by Crippen LogP contribution is -2.04. The van der Waals surface area contributed by atoms with E-state index in [4.69, 9.17) is 34.8 Å². The van der Waals surface area contributed by atoms with E-state index >= 15 is 0 Å². The van der Waals surface area contributed by atoms with Crippen molar-refractivity contribution < 1.29 is 0 Å². The lowest BCUT2D eigenvalue weighted by atomic mass is 10.1. The maximum absolute atomic E-state index is 5.80. The van der Waals surface area contributed by atoms with E-state index in [1.165, 1.54) is 0 Å². The average Bonchev–Trinajstić information content (AvgIpc) is 2.16. The fourth-order valence-corrected chi connectivity index (χ4v) is 1.81. The van der Waals surface area contributed by atoms with Gasteiger partial charge in [0.1, 0.15) is 0 Å². The highest BCUT2D eigenvalue weighted by molar-refractivity contribution is 6.66. The molecule has 15 heavy (non-hydrogen) atoms. The molecule has 0 fully saturated rings. The molecular formula is C11H8Cl3N. The van der Waals surface area contributed by atoms with Crippen LogP contribution in [0, 0.1) is 6.92 Å². The standard InChI is InChI=1S/C11H8Cl3N/c1-7-9-5-3-2-4-8(9)6-10(15-7)11(12,13)14/h2-6H,1H3. The van der Waals surface area contributed by atoms with Gasteiger partial charge in [-0.3, -0.25) is 4.98 Å². The number of fused-ring (bicyclic) bond motifs is 1. The molecule has 0 unspecified atom stereocenters. The summed E-state index contributed by atoms with van der Waals surface area (Å²) in [4.78, 5) is 4.28. The largest absolute Gasteiger partial charge is 0.253 e. The van der Waals surface area contributed by atoms with E-state index in [1.54, 1.807) is 6.07 Å². The van der Waals surface area contributed by atoms with Crippen LogP contribution >= 0.6 is 34.8 Å². The van der Waals surface area contributed by atoms with Crippen LogP contribution in [0.3, 0.4) is 0 Å². The summed E-state index contributed by atoms with van der Waals surface area (Å²) in [5, 5.41) is 2.11. The SMILES string of the molecule is Cc1nc(C(Cl)(Cl)Cl)cc2ccccc12. The highest BCUT2D eigenvalue weighted by atomic mass is 35.6. The Morgan fingerprint density at radius 2 is 1.80 bits per heavy atom. The summed E-state index contributed by atoms with van der Waals surface area (Å²) in [5.74, 6) is 0. The second-order valence-corrected chi connectivity index (χ2v) is 5.59. The van der Waals surface area contributed by atoms with Gasteiger partial charge in [0.2, 0.25) is 3.79 Å². The predicted molar refractivity (Wildman–Crippen MR) is 65.7 cm³/mol. The van der Waals surface area contributed by atoms with Crippen molar-refractivity contribution >= 4 is 45.6 Å². The summed E-state index contributed by atoms with van der Waals surface area (Å²) in [6, 6.07) is 9.69. The Kier molecular flexibility index (Phi) is 2.80. The molecule has 0 aliphatic heterocycles. The lowest BCUT2D eigenvalue weighted by molar-refractivity contribution is 1.06. The monoisotopic (exact) mass is 259 g/mol. The number of aromatic nitrogens is 1. The summed E-state index contributed by atoms with van der Waals surface area (Å²) >= 11 is 17.4. The van der Waals surface area contributed by atoms with Gasteiger partial charge >= 0.3 is 0 Å². The highest BCUT2D eigenvalue weighted by Gasteiger charge is 2.25. The molecule has 1 heterocycles. The predicted octanol–water partition coefficient (Wildman–Crippen LogP) is 4.37. The fraction of sp³-hybridized carbons (Fsp3) is 0.182. The van der Waals surface area contributed by atoms with Crippen molar-refractivity contribution in [2.45, 2.75) is 10.7 Å². The maximum Gasteiger partial charge on any atom is 0.232 e. The van der Waals surface area contributed by atoms with Crippen molar-refractivity contribution in [2.75, 3.05) is 0 Å². The van der Waals surface area contributed by atoms with E-state index < -0.39 is 3.79 Å². The lowest BCUT2D eigenvalue weighted by Gasteiger charge is -2.12. The molecule has 1 aromatic carbocycles. The van der Waals surface area contributed by atoms with E-state index in [0.717, 1.165) is 16.5 Å². The van der Waals surface area contributed by atoms with Crippen LogP contribution < -0.4 is 0 Å². The van der Waals surface area contributed by atoms with Gasteiger partial charge in [-0.15, -0.1) is 0 Å². The van der Waals surface area contributed by atoms with Gasteiger partial charge in [0.25, 0.3) is 0 Å². The van der Waals surface area contributed by atoms with E-state index in [-0.39, 0.29) is 0 Å². The zero-order valence-corrected chi connectivity index (χ0v) is 10.2. The molecule has 4 heteroatoms. The van der Waals surface area contributed by atoms with Crippen molar-refractivity contribution in [1.29, 1.82) is 0 Å². The first-order valence-electron chi connectivity index (χ1n) is 4.42. The van der Waals surface area contributed by atoms with Crippen molar-refractivity contribution in [3.05, 3.63) is 41.7 Å². The number of benzene rings is 1. The molecule has 1 aromatic heterocycles. The number of rotatable bonds is 0. The Hall–Kier alpha value is -0.500. The molecule has 0 aliphatic carbocycles. The Balaban J connectivity index is 2.73. The molecule has 0 bridgehead atoms. The number of halogens is 3. The average molecular weight is 261 g/mol. The van der Waals surface area contributed by atoms with Crippen molar-refractivity contribution in [2.24, 2.45) is 0 Å². The van der Waals surface area contributed by atoms with Gasteiger partial charge in [0, 0.05) is 11.1 Å². The van der Waals surface area contributed by atoms with E-state index in [1.807, 2.05) is 31.2 Å². The molecule has 0 amide bonds. The molecule has 0 atom stereocenters. The van der Waals surface area contributed by atoms with E-state index in [0.29, 0.717) is 5.69 Å².